The van der Waals surface area contributed by atoms with E-state index in [2.05, 4.69) is 10.6 Å². The quantitative estimate of drug-likeness (QED) is 0.633. The number of carboxylic acid groups (broad SMARTS) is 1. The fourth-order valence-electron chi connectivity index (χ4n) is 1.93. The van der Waals surface area contributed by atoms with Crippen molar-refractivity contribution in [2.75, 3.05) is 31.6 Å². The molecule has 1 aromatic rings. The lowest BCUT2D eigenvalue weighted by Gasteiger charge is -2.18. The van der Waals surface area contributed by atoms with Crippen molar-refractivity contribution in [1.29, 1.82) is 0 Å². The van der Waals surface area contributed by atoms with Gasteiger partial charge in [0.25, 0.3) is 5.91 Å². The lowest BCUT2D eigenvalue weighted by atomic mass is 10.3. The minimum Gasteiger partial charge on any atom is -0.484 e. The fourth-order valence-corrected chi connectivity index (χ4v) is 1.93. The first-order chi connectivity index (χ1) is 11.5. The SMILES string of the molecule is CCN(CC)C(=O)COc1cccc(NC(=O)NCCC(=O)O)c1. The van der Waals surface area contributed by atoms with Gasteiger partial charge in [-0.25, -0.2) is 4.79 Å². The van der Waals surface area contributed by atoms with E-state index in [9.17, 15) is 14.4 Å². The molecule has 0 saturated heterocycles. The summed E-state index contributed by atoms with van der Waals surface area (Å²) in [5.74, 6) is -0.632. The number of hydrogen-bond acceptors (Lipinski definition) is 4. The molecule has 0 unspecified atom stereocenters. The summed E-state index contributed by atoms with van der Waals surface area (Å²) in [7, 11) is 0. The second-order valence-corrected chi connectivity index (χ2v) is 4.91. The Hall–Kier alpha value is -2.77. The minimum atomic E-state index is -0.983. The average Bonchev–Trinajstić information content (AvgIpc) is 2.54. The number of rotatable bonds is 9. The highest BCUT2D eigenvalue weighted by molar-refractivity contribution is 5.89. The maximum atomic E-state index is 11.9. The third-order valence-electron chi connectivity index (χ3n) is 3.19. The Morgan fingerprint density at radius 3 is 2.54 bits per heavy atom. The van der Waals surface area contributed by atoms with Gasteiger partial charge < -0.3 is 25.4 Å². The summed E-state index contributed by atoms with van der Waals surface area (Å²) in [5, 5.41) is 13.5. The number of carbonyl (C=O) groups excluding carboxylic acids is 2. The van der Waals surface area contributed by atoms with Gasteiger partial charge in [0.1, 0.15) is 5.75 Å². The molecule has 0 atom stereocenters. The van der Waals surface area contributed by atoms with Gasteiger partial charge in [-0.3, -0.25) is 9.59 Å². The van der Waals surface area contributed by atoms with Gasteiger partial charge in [-0.15, -0.1) is 0 Å². The van der Waals surface area contributed by atoms with E-state index in [0.29, 0.717) is 24.5 Å². The zero-order valence-electron chi connectivity index (χ0n) is 13.9. The minimum absolute atomic E-state index is 0.0374. The fraction of sp³-hybridized carbons (Fsp3) is 0.438. The van der Waals surface area contributed by atoms with E-state index < -0.39 is 12.0 Å². The molecule has 0 saturated carbocycles. The average molecular weight is 337 g/mol. The van der Waals surface area contributed by atoms with Crippen LogP contribution in [0.15, 0.2) is 24.3 Å². The number of hydrogen-bond donors (Lipinski definition) is 3. The van der Waals surface area contributed by atoms with Crippen LogP contribution in [-0.2, 0) is 9.59 Å². The topological polar surface area (TPSA) is 108 Å². The van der Waals surface area contributed by atoms with Crippen LogP contribution in [0, 0.1) is 0 Å². The van der Waals surface area contributed by atoms with Gasteiger partial charge in [-0.2, -0.15) is 0 Å². The largest absolute Gasteiger partial charge is 0.484 e. The van der Waals surface area contributed by atoms with Gasteiger partial charge >= 0.3 is 12.0 Å². The lowest BCUT2D eigenvalue weighted by molar-refractivity contribution is -0.137. The second-order valence-electron chi connectivity index (χ2n) is 4.91. The van der Waals surface area contributed by atoms with Crippen molar-refractivity contribution in [3.8, 4) is 5.75 Å². The van der Waals surface area contributed by atoms with E-state index in [0.717, 1.165) is 0 Å². The van der Waals surface area contributed by atoms with Crippen LogP contribution in [0.4, 0.5) is 10.5 Å². The summed E-state index contributed by atoms with van der Waals surface area (Å²) in [5.41, 5.74) is 0.482. The molecule has 0 aromatic heterocycles. The number of urea groups is 1. The monoisotopic (exact) mass is 337 g/mol. The van der Waals surface area contributed by atoms with Crippen molar-refractivity contribution in [3.63, 3.8) is 0 Å². The third kappa shape index (κ3) is 6.99. The normalized spacial score (nSPS) is 9.92. The summed E-state index contributed by atoms with van der Waals surface area (Å²) < 4.78 is 5.45. The third-order valence-corrected chi connectivity index (χ3v) is 3.19. The number of ether oxygens (including phenoxy) is 1. The zero-order valence-corrected chi connectivity index (χ0v) is 13.9. The van der Waals surface area contributed by atoms with Crippen molar-refractivity contribution >= 4 is 23.6 Å². The molecular formula is C16H23N3O5. The van der Waals surface area contributed by atoms with Gasteiger partial charge in [0, 0.05) is 31.4 Å². The summed E-state index contributed by atoms with van der Waals surface area (Å²) in [6.45, 7) is 5.00. The molecule has 3 N–H and O–H groups in total. The molecule has 1 aromatic carbocycles. The molecule has 0 radical (unpaired) electrons. The number of carboxylic acids is 1. The van der Waals surface area contributed by atoms with Gasteiger partial charge in [0.05, 0.1) is 6.42 Å². The van der Waals surface area contributed by atoms with Gasteiger partial charge in [0.15, 0.2) is 6.61 Å². The van der Waals surface area contributed by atoms with Crippen molar-refractivity contribution < 1.29 is 24.2 Å². The van der Waals surface area contributed by atoms with Crippen LogP contribution in [0.5, 0.6) is 5.75 Å². The molecule has 1 rings (SSSR count). The molecule has 8 nitrogen and oxygen atoms in total. The Bertz CT molecular complexity index is 573. The first-order valence-corrected chi connectivity index (χ1v) is 7.73. The molecule has 132 valence electrons. The molecular weight excluding hydrogens is 314 g/mol. The number of carbonyl (C=O) groups is 3. The molecule has 0 aliphatic rings. The number of benzene rings is 1. The molecule has 0 aliphatic carbocycles. The van der Waals surface area contributed by atoms with Crippen LogP contribution >= 0.6 is 0 Å². The van der Waals surface area contributed by atoms with Crippen LogP contribution < -0.4 is 15.4 Å². The zero-order chi connectivity index (χ0) is 17.9. The summed E-state index contributed by atoms with van der Waals surface area (Å²) in [4.78, 5) is 35.6. The van der Waals surface area contributed by atoms with Crippen molar-refractivity contribution in [1.82, 2.24) is 10.2 Å². The first-order valence-electron chi connectivity index (χ1n) is 7.73. The van der Waals surface area contributed by atoms with E-state index >= 15 is 0 Å². The Labute approximate surface area is 140 Å². The summed E-state index contributed by atoms with van der Waals surface area (Å²) in [6.07, 6.45) is -0.149. The second kappa shape index (κ2) is 10.1. The maximum Gasteiger partial charge on any atom is 0.319 e. The summed E-state index contributed by atoms with van der Waals surface area (Å²) in [6, 6.07) is 6.11. The first kappa shape index (κ1) is 19.3. The molecule has 3 amide bonds. The molecule has 0 heterocycles. The van der Waals surface area contributed by atoms with Gasteiger partial charge in [0.2, 0.25) is 0 Å². The molecule has 0 spiro atoms. The van der Waals surface area contributed by atoms with Crippen LogP contribution in [0.1, 0.15) is 20.3 Å². The highest BCUT2D eigenvalue weighted by Gasteiger charge is 2.10. The number of likely N-dealkylation sites (N-methyl/N-ethyl adjacent to an activating group) is 1. The van der Waals surface area contributed by atoms with Gasteiger partial charge in [-0.1, -0.05) is 6.07 Å². The molecule has 0 fully saturated rings. The molecule has 24 heavy (non-hydrogen) atoms. The van der Waals surface area contributed by atoms with E-state index in [1.54, 1.807) is 29.2 Å². The van der Waals surface area contributed by atoms with E-state index in [4.69, 9.17) is 9.84 Å². The number of anilines is 1. The number of nitrogens with zero attached hydrogens (tertiary/aromatic N) is 1. The Balaban J connectivity index is 2.50. The maximum absolute atomic E-state index is 11.9. The Morgan fingerprint density at radius 1 is 1.21 bits per heavy atom. The van der Waals surface area contributed by atoms with Crippen molar-refractivity contribution in [2.45, 2.75) is 20.3 Å². The van der Waals surface area contributed by atoms with Crippen LogP contribution in [0.2, 0.25) is 0 Å². The van der Waals surface area contributed by atoms with Crippen LogP contribution in [0.3, 0.4) is 0 Å². The van der Waals surface area contributed by atoms with E-state index in [1.807, 2.05) is 13.8 Å². The molecule has 8 heteroatoms. The lowest BCUT2D eigenvalue weighted by Crippen LogP contribution is -2.34. The highest BCUT2D eigenvalue weighted by atomic mass is 16.5. The molecule has 0 bridgehead atoms. The van der Waals surface area contributed by atoms with Crippen LogP contribution in [0.25, 0.3) is 0 Å². The van der Waals surface area contributed by atoms with Crippen LogP contribution in [-0.4, -0.2) is 54.2 Å². The van der Waals surface area contributed by atoms with Crippen molar-refractivity contribution in [3.05, 3.63) is 24.3 Å². The predicted molar refractivity (Wildman–Crippen MR) is 89.1 cm³/mol. The van der Waals surface area contributed by atoms with Gasteiger partial charge in [-0.05, 0) is 26.0 Å². The number of nitrogens with one attached hydrogen (secondary N) is 2. The predicted octanol–water partition coefficient (Wildman–Crippen LogP) is 1.53. The van der Waals surface area contributed by atoms with E-state index in [1.165, 1.54) is 0 Å². The molecule has 0 aliphatic heterocycles. The number of aliphatic carboxylic acids is 1. The van der Waals surface area contributed by atoms with E-state index in [-0.39, 0.29) is 25.5 Å². The summed E-state index contributed by atoms with van der Waals surface area (Å²) >= 11 is 0. The Kier molecular flexibility index (Phi) is 8.10. The van der Waals surface area contributed by atoms with Crippen molar-refractivity contribution in [2.24, 2.45) is 0 Å². The number of amides is 3. The highest BCUT2D eigenvalue weighted by Crippen LogP contribution is 2.17. The standard InChI is InChI=1S/C16H23N3O5/c1-3-19(4-2)14(20)11-24-13-7-5-6-12(10-13)18-16(23)17-9-8-15(21)22/h5-7,10H,3-4,8-9,11H2,1-2H3,(H,21,22)(H2,17,18,23). The smallest absolute Gasteiger partial charge is 0.319 e. The Morgan fingerprint density at radius 2 is 1.92 bits per heavy atom.